The van der Waals surface area contributed by atoms with Gasteiger partial charge in [-0.25, -0.2) is 0 Å². The summed E-state index contributed by atoms with van der Waals surface area (Å²) in [6.07, 6.45) is 0.687. The van der Waals surface area contributed by atoms with Crippen LogP contribution in [-0.4, -0.2) is 36.2 Å². The van der Waals surface area contributed by atoms with E-state index >= 15 is 0 Å². The summed E-state index contributed by atoms with van der Waals surface area (Å²) in [7, 11) is 0. The number of hydrogen-bond acceptors (Lipinski definition) is 3. The topological polar surface area (TPSA) is 58.3 Å². The van der Waals surface area contributed by atoms with Crippen molar-refractivity contribution >= 4 is 15.9 Å². The molecule has 0 rings (SSSR count). The lowest BCUT2D eigenvalue weighted by Crippen LogP contribution is -2.33. The molecule has 62 valence electrons. The molecule has 0 saturated carbocycles. The van der Waals surface area contributed by atoms with Gasteiger partial charge in [0, 0.05) is 18.4 Å². The second-order valence-electron chi connectivity index (χ2n) is 2.14. The molecule has 0 aromatic carbocycles. The molecule has 0 spiro atoms. The smallest absolute Gasteiger partial charge is 0.0786 e. The van der Waals surface area contributed by atoms with Crippen molar-refractivity contribution in [1.82, 2.24) is 5.32 Å². The summed E-state index contributed by atoms with van der Waals surface area (Å²) < 4.78 is 0. The number of nitrogens with two attached hydrogens (primary N) is 1. The second kappa shape index (κ2) is 7.47. The maximum absolute atomic E-state index is 8.96. The minimum Gasteiger partial charge on any atom is -0.390 e. The monoisotopic (exact) mass is 210 g/mol. The highest BCUT2D eigenvalue weighted by molar-refractivity contribution is 9.09. The van der Waals surface area contributed by atoms with Gasteiger partial charge in [-0.3, -0.25) is 0 Å². The molecule has 4 heteroatoms. The Labute approximate surface area is 70.1 Å². The molecular weight excluding hydrogens is 196 g/mol. The van der Waals surface area contributed by atoms with Gasteiger partial charge in [-0.05, 0) is 13.0 Å². The number of aliphatic hydroxyl groups is 1. The Balaban J connectivity index is 2.89. The Morgan fingerprint density at radius 1 is 1.60 bits per heavy atom. The molecule has 0 bridgehead atoms. The normalized spacial score (nSPS) is 13.5. The Kier molecular flexibility index (Phi) is 7.74. The van der Waals surface area contributed by atoms with Crippen molar-refractivity contribution in [2.45, 2.75) is 12.5 Å². The molecule has 0 aliphatic carbocycles. The van der Waals surface area contributed by atoms with Gasteiger partial charge in [-0.15, -0.1) is 0 Å². The number of halogens is 1. The number of alkyl halides is 1. The van der Waals surface area contributed by atoms with E-state index in [0.717, 1.165) is 18.3 Å². The molecule has 0 amide bonds. The van der Waals surface area contributed by atoms with Crippen molar-refractivity contribution in [3.8, 4) is 0 Å². The SMILES string of the molecule is NCC(O)CNCCCBr. The molecule has 0 saturated heterocycles. The maximum atomic E-state index is 8.96. The first-order valence-corrected chi connectivity index (χ1v) is 4.58. The summed E-state index contributed by atoms with van der Waals surface area (Å²) in [6, 6.07) is 0. The van der Waals surface area contributed by atoms with Gasteiger partial charge in [-0.1, -0.05) is 15.9 Å². The zero-order valence-corrected chi connectivity index (χ0v) is 7.60. The molecule has 0 aromatic heterocycles. The van der Waals surface area contributed by atoms with E-state index in [0.29, 0.717) is 13.1 Å². The van der Waals surface area contributed by atoms with Gasteiger partial charge in [0.2, 0.25) is 0 Å². The first-order valence-electron chi connectivity index (χ1n) is 3.46. The molecule has 0 aromatic rings. The van der Waals surface area contributed by atoms with Crippen LogP contribution in [0.2, 0.25) is 0 Å². The largest absolute Gasteiger partial charge is 0.390 e. The zero-order chi connectivity index (χ0) is 7.82. The number of rotatable bonds is 6. The van der Waals surface area contributed by atoms with E-state index in [1.54, 1.807) is 0 Å². The van der Waals surface area contributed by atoms with Gasteiger partial charge in [0.25, 0.3) is 0 Å². The van der Waals surface area contributed by atoms with Crippen LogP contribution >= 0.6 is 15.9 Å². The molecule has 10 heavy (non-hydrogen) atoms. The maximum Gasteiger partial charge on any atom is 0.0786 e. The summed E-state index contributed by atoms with van der Waals surface area (Å²) >= 11 is 3.31. The molecule has 3 nitrogen and oxygen atoms in total. The lowest BCUT2D eigenvalue weighted by atomic mass is 10.3. The Morgan fingerprint density at radius 2 is 2.30 bits per heavy atom. The van der Waals surface area contributed by atoms with Crippen LogP contribution in [-0.2, 0) is 0 Å². The molecule has 0 fully saturated rings. The highest BCUT2D eigenvalue weighted by Crippen LogP contribution is 1.84. The molecule has 0 radical (unpaired) electrons. The summed E-state index contributed by atoms with van der Waals surface area (Å²) in [5.74, 6) is 0. The molecule has 4 N–H and O–H groups in total. The Hall–Kier alpha value is 0.360. The highest BCUT2D eigenvalue weighted by Gasteiger charge is 1.97. The summed E-state index contributed by atoms with van der Waals surface area (Å²) in [4.78, 5) is 0. The van der Waals surface area contributed by atoms with Crippen LogP contribution < -0.4 is 11.1 Å². The molecule has 1 atom stereocenters. The van der Waals surface area contributed by atoms with E-state index in [1.807, 2.05) is 0 Å². The van der Waals surface area contributed by atoms with Crippen LogP contribution in [0.4, 0.5) is 0 Å². The van der Waals surface area contributed by atoms with Gasteiger partial charge in [-0.2, -0.15) is 0 Å². The van der Waals surface area contributed by atoms with E-state index in [-0.39, 0.29) is 0 Å². The zero-order valence-electron chi connectivity index (χ0n) is 6.02. The van der Waals surface area contributed by atoms with Crippen LogP contribution in [0.5, 0.6) is 0 Å². The summed E-state index contributed by atoms with van der Waals surface area (Å²) in [6.45, 7) is 1.87. The minimum absolute atomic E-state index is 0.335. The third-order valence-corrected chi connectivity index (χ3v) is 1.70. The predicted octanol–water partition coefficient (Wildman–Crippen LogP) is -0.319. The fourth-order valence-electron chi connectivity index (χ4n) is 0.544. The number of aliphatic hydroxyl groups excluding tert-OH is 1. The quantitative estimate of drug-likeness (QED) is 0.417. The van der Waals surface area contributed by atoms with Crippen molar-refractivity contribution in [3.05, 3.63) is 0 Å². The lowest BCUT2D eigenvalue weighted by Gasteiger charge is -2.07. The van der Waals surface area contributed by atoms with E-state index in [4.69, 9.17) is 10.8 Å². The van der Waals surface area contributed by atoms with Crippen molar-refractivity contribution in [2.24, 2.45) is 5.73 Å². The van der Waals surface area contributed by atoms with Gasteiger partial charge in [0.15, 0.2) is 0 Å². The first kappa shape index (κ1) is 10.4. The van der Waals surface area contributed by atoms with Gasteiger partial charge in [0.1, 0.15) is 0 Å². The van der Waals surface area contributed by atoms with Gasteiger partial charge >= 0.3 is 0 Å². The average molecular weight is 211 g/mol. The third-order valence-electron chi connectivity index (χ3n) is 1.14. The van der Waals surface area contributed by atoms with E-state index in [1.165, 1.54) is 0 Å². The minimum atomic E-state index is -0.393. The van der Waals surface area contributed by atoms with Crippen LogP contribution in [0, 0.1) is 0 Å². The van der Waals surface area contributed by atoms with Gasteiger partial charge < -0.3 is 16.2 Å². The number of nitrogens with one attached hydrogen (secondary N) is 1. The molecule has 1 unspecified atom stereocenters. The second-order valence-corrected chi connectivity index (χ2v) is 2.93. The van der Waals surface area contributed by atoms with Crippen molar-refractivity contribution in [2.75, 3.05) is 25.0 Å². The fourth-order valence-corrected chi connectivity index (χ4v) is 0.824. The molecule has 0 aliphatic heterocycles. The van der Waals surface area contributed by atoms with Gasteiger partial charge in [0.05, 0.1) is 6.10 Å². The Bertz CT molecular complexity index is 72.8. The van der Waals surface area contributed by atoms with Crippen molar-refractivity contribution in [1.29, 1.82) is 0 Å². The van der Waals surface area contributed by atoms with E-state index in [9.17, 15) is 0 Å². The van der Waals surface area contributed by atoms with E-state index < -0.39 is 6.10 Å². The van der Waals surface area contributed by atoms with Crippen LogP contribution in [0.3, 0.4) is 0 Å². The fraction of sp³-hybridized carbons (Fsp3) is 1.00. The summed E-state index contributed by atoms with van der Waals surface area (Å²) in [5, 5.41) is 13.0. The standard InChI is InChI=1S/C6H15BrN2O/c7-2-1-3-9-5-6(10)4-8/h6,9-10H,1-5,8H2. The predicted molar refractivity (Wildman–Crippen MR) is 46.3 cm³/mol. The number of hydrogen-bond donors (Lipinski definition) is 3. The van der Waals surface area contributed by atoms with Crippen molar-refractivity contribution < 1.29 is 5.11 Å². The third kappa shape index (κ3) is 6.48. The van der Waals surface area contributed by atoms with Crippen molar-refractivity contribution in [3.63, 3.8) is 0 Å². The van der Waals surface area contributed by atoms with Crippen LogP contribution in [0.15, 0.2) is 0 Å². The average Bonchev–Trinajstić information content (AvgIpc) is 1.98. The Morgan fingerprint density at radius 3 is 2.80 bits per heavy atom. The van der Waals surface area contributed by atoms with E-state index in [2.05, 4.69) is 21.2 Å². The molecular formula is C6H15BrN2O. The first-order chi connectivity index (χ1) is 4.81. The highest BCUT2D eigenvalue weighted by atomic mass is 79.9. The molecule has 0 aliphatic rings. The molecule has 0 heterocycles. The van der Waals surface area contributed by atoms with Crippen LogP contribution in [0.25, 0.3) is 0 Å². The lowest BCUT2D eigenvalue weighted by molar-refractivity contribution is 0.180. The van der Waals surface area contributed by atoms with Crippen LogP contribution in [0.1, 0.15) is 6.42 Å². The summed E-state index contributed by atoms with van der Waals surface area (Å²) in [5.41, 5.74) is 5.19.